The van der Waals surface area contributed by atoms with Gasteiger partial charge in [-0.25, -0.2) is 4.98 Å². The van der Waals surface area contributed by atoms with Crippen LogP contribution in [0.2, 0.25) is 5.02 Å². The maximum absolute atomic E-state index is 5.95. The first-order valence-corrected chi connectivity index (χ1v) is 5.97. The van der Waals surface area contributed by atoms with Gasteiger partial charge in [-0.05, 0) is 18.2 Å². The molecule has 1 heterocycles. The van der Waals surface area contributed by atoms with E-state index in [2.05, 4.69) is 4.98 Å². The molecule has 1 aromatic heterocycles. The molecule has 88 valence electrons. The summed E-state index contributed by atoms with van der Waals surface area (Å²) in [6.07, 6.45) is 1.66. The van der Waals surface area contributed by atoms with E-state index in [-0.39, 0.29) is 0 Å². The van der Waals surface area contributed by atoms with Crippen LogP contribution in [0, 0.1) is 0 Å². The van der Waals surface area contributed by atoms with Crippen LogP contribution >= 0.6 is 11.6 Å². The van der Waals surface area contributed by atoms with Crippen molar-refractivity contribution in [1.29, 1.82) is 0 Å². The highest BCUT2D eigenvalue weighted by Crippen LogP contribution is 2.25. The Morgan fingerprint density at radius 2 is 1.67 bits per heavy atom. The lowest BCUT2D eigenvalue weighted by Gasteiger charge is -1.95. The van der Waals surface area contributed by atoms with Gasteiger partial charge in [0.2, 0.25) is 5.89 Å². The molecule has 0 saturated carbocycles. The second kappa shape index (κ2) is 4.67. The molecular weight excluding hydrogens is 246 g/mol. The third-order valence-electron chi connectivity index (χ3n) is 2.65. The molecule has 0 aliphatic carbocycles. The lowest BCUT2D eigenvalue weighted by atomic mass is 10.2. The summed E-state index contributed by atoms with van der Waals surface area (Å²) in [4.78, 5) is 4.47. The highest BCUT2D eigenvalue weighted by Gasteiger charge is 2.08. The summed E-state index contributed by atoms with van der Waals surface area (Å²) in [5.41, 5.74) is 2.74. The molecule has 0 spiro atoms. The van der Waals surface area contributed by atoms with Gasteiger partial charge >= 0.3 is 0 Å². The molecular formula is C15H10ClNO. The summed E-state index contributed by atoms with van der Waals surface area (Å²) in [5, 5.41) is 0.673. The van der Waals surface area contributed by atoms with Crippen molar-refractivity contribution in [2.45, 2.75) is 0 Å². The topological polar surface area (TPSA) is 26.0 Å². The SMILES string of the molecule is Clc1cccc(-c2nc(-c3ccccc3)co2)c1. The predicted molar refractivity (Wildman–Crippen MR) is 72.4 cm³/mol. The number of rotatable bonds is 2. The van der Waals surface area contributed by atoms with Crippen molar-refractivity contribution in [2.75, 3.05) is 0 Å². The smallest absolute Gasteiger partial charge is 0.226 e. The van der Waals surface area contributed by atoms with Crippen molar-refractivity contribution >= 4 is 11.6 Å². The molecule has 0 radical (unpaired) electrons. The maximum atomic E-state index is 5.95. The fourth-order valence-electron chi connectivity index (χ4n) is 1.77. The molecule has 0 bridgehead atoms. The first-order valence-electron chi connectivity index (χ1n) is 5.60. The summed E-state index contributed by atoms with van der Waals surface area (Å²) in [6.45, 7) is 0. The van der Waals surface area contributed by atoms with Gasteiger partial charge in [-0.1, -0.05) is 48.0 Å². The fraction of sp³-hybridized carbons (Fsp3) is 0. The number of halogens is 1. The van der Waals surface area contributed by atoms with Crippen LogP contribution in [0.15, 0.2) is 65.3 Å². The first-order chi connectivity index (χ1) is 8.83. The average Bonchev–Trinajstić information content (AvgIpc) is 2.89. The Balaban J connectivity index is 2.00. The molecule has 3 aromatic rings. The molecule has 0 N–H and O–H groups in total. The number of hydrogen-bond donors (Lipinski definition) is 0. The molecule has 2 aromatic carbocycles. The number of oxazole rings is 1. The molecule has 0 fully saturated rings. The van der Waals surface area contributed by atoms with E-state index in [0.29, 0.717) is 10.9 Å². The molecule has 18 heavy (non-hydrogen) atoms. The Morgan fingerprint density at radius 3 is 2.44 bits per heavy atom. The van der Waals surface area contributed by atoms with Crippen LogP contribution in [-0.2, 0) is 0 Å². The standard InChI is InChI=1S/C15H10ClNO/c16-13-8-4-7-12(9-13)15-17-14(10-18-15)11-5-2-1-3-6-11/h1-10H. The van der Waals surface area contributed by atoms with Gasteiger partial charge in [0.05, 0.1) is 0 Å². The van der Waals surface area contributed by atoms with Gasteiger partial charge in [-0.15, -0.1) is 0 Å². The van der Waals surface area contributed by atoms with Crippen LogP contribution in [-0.4, -0.2) is 4.98 Å². The summed E-state index contributed by atoms with van der Waals surface area (Å²) in [5.74, 6) is 0.580. The molecule has 0 aliphatic rings. The lowest BCUT2D eigenvalue weighted by Crippen LogP contribution is -1.79. The van der Waals surface area contributed by atoms with E-state index in [1.165, 1.54) is 0 Å². The molecule has 0 atom stereocenters. The number of aromatic nitrogens is 1. The van der Waals surface area contributed by atoms with Gasteiger partial charge in [0.25, 0.3) is 0 Å². The third-order valence-corrected chi connectivity index (χ3v) is 2.88. The van der Waals surface area contributed by atoms with E-state index in [9.17, 15) is 0 Å². The van der Waals surface area contributed by atoms with Crippen LogP contribution in [0.3, 0.4) is 0 Å². The molecule has 2 nitrogen and oxygen atoms in total. The second-order valence-corrected chi connectivity index (χ2v) is 4.35. The highest BCUT2D eigenvalue weighted by atomic mass is 35.5. The van der Waals surface area contributed by atoms with Crippen LogP contribution in [0.4, 0.5) is 0 Å². The highest BCUT2D eigenvalue weighted by molar-refractivity contribution is 6.30. The van der Waals surface area contributed by atoms with Crippen molar-refractivity contribution in [3.63, 3.8) is 0 Å². The predicted octanol–water partition coefficient (Wildman–Crippen LogP) is 4.66. The summed E-state index contributed by atoms with van der Waals surface area (Å²) >= 11 is 5.95. The molecule has 0 amide bonds. The van der Waals surface area contributed by atoms with E-state index >= 15 is 0 Å². The first kappa shape index (κ1) is 11.1. The number of nitrogens with zero attached hydrogens (tertiary/aromatic N) is 1. The van der Waals surface area contributed by atoms with E-state index in [1.807, 2.05) is 54.6 Å². The molecule has 0 aliphatic heterocycles. The maximum Gasteiger partial charge on any atom is 0.226 e. The second-order valence-electron chi connectivity index (χ2n) is 3.91. The van der Waals surface area contributed by atoms with Crippen molar-refractivity contribution in [2.24, 2.45) is 0 Å². The molecule has 0 unspecified atom stereocenters. The van der Waals surface area contributed by atoms with Gasteiger partial charge in [0.1, 0.15) is 12.0 Å². The summed E-state index contributed by atoms with van der Waals surface area (Å²) in [6, 6.07) is 17.4. The van der Waals surface area contributed by atoms with Gasteiger partial charge < -0.3 is 4.42 Å². The quantitative estimate of drug-likeness (QED) is 0.665. The van der Waals surface area contributed by atoms with Gasteiger partial charge in [0, 0.05) is 16.1 Å². The van der Waals surface area contributed by atoms with Crippen LogP contribution in [0.5, 0.6) is 0 Å². The fourth-order valence-corrected chi connectivity index (χ4v) is 1.96. The average molecular weight is 256 g/mol. The summed E-state index contributed by atoms with van der Waals surface area (Å²) < 4.78 is 5.49. The van der Waals surface area contributed by atoms with E-state index in [4.69, 9.17) is 16.0 Å². The zero-order valence-corrected chi connectivity index (χ0v) is 10.3. The Morgan fingerprint density at radius 1 is 0.889 bits per heavy atom. The van der Waals surface area contributed by atoms with E-state index < -0.39 is 0 Å². The molecule has 3 rings (SSSR count). The minimum atomic E-state index is 0.580. The largest absolute Gasteiger partial charge is 0.444 e. The minimum absolute atomic E-state index is 0.580. The third kappa shape index (κ3) is 2.15. The van der Waals surface area contributed by atoms with Gasteiger partial charge in [0.15, 0.2) is 0 Å². The number of benzene rings is 2. The van der Waals surface area contributed by atoms with Crippen LogP contribution < -0.4 is 0 Å². The Labute approximate surface area is 110 Å². The zero-order valence-electron chi connectivity index (χ0n) is 9.51. The van der Waals surface area contributed by atoms with Crippen molar-refractivity contribution < 1.29 is 4.42 Å². The Kier molecular flexibility index (Phi) is 2.87. The normalized spacial score (nSPS) is 10.5. The number of hydrogen-bond acceptors (Lipinski definition) is 2. The minimum Gasteiger partial charge on any atom is -0.444 e. The van der Waals surface area contributed by atoms with Crippen molar-refractivity contribution in [3.05, 3.63) is 65.9 Å². The van der Waals surface area contributed by atoms with Crippen molar-refractivity contribution in [3.8, 4) is 22.7 Å². The Bertz CT molecular complexity index is 661. The Hall–Kier alpha value is -2.06. The zero-order chi connectivity index (χ0) is 12.4. The summed E-state index contributed by atoms with van der Waals surface area (Å²) in [7, 11) is 0. The van der Waals surface area contributed by atoms with Gasteiger partial charge in [-0.3, -0.25) is 0 Å². The van der Waals surface area contributed by atoms with E-state index in [0.717, 1.165) is 16.8 Å². The lowest BCUT2D eigenvalue weighted by molar-refractivity contribution is 0.575. The van der Waals surface area contributed by atoms with Crippen molar-refractivity contribution in [1.82, 2.24) is 4.98 Å². The van der Waals surface area contributed by atoms with Crippen LogP contribution in [0.25, 0.3) is 22.7 Å². The molecule has 0 saturated heterocycles. The van der Waals surface area contributed by atoms with Gasteiger partial charge in [-0.2, -0.15) is 0 Å². The van der Waals surface area contributed by atoms with Crippen LogP contribution in [0.1, 0.15) is 0 Å². The molecule has 3 heteroatoms. The van der Waals surface area contributed by atoms with E-state index in [1.54, 1.807) is 6.26 Å². The monoisotopic (exact) mass is 255 g/mol.